The van der Waals surface area contributed by atoms with Crippen LogP contribution in [0.1, 0.15) is 51.0 Å². The van der Waals surface area contributed by atoms with Gasteiger partial charge in [0.25, 0.3) is 0 Å². The molecular weight excluding hydrogens is 220 g/mol. The molecule has 0 bridgehead atoms. The Morgan fingerprint density at radius 1 is 0.824 bits per heavy atom. The number of benzene rings is 1. The first-order chi connectivity index (χ1) is 8.43. The van der Waals surface area contributed by atoms with Crippen molar-refractivity contribution >= 4 is 9.52 Å². The lowest BCUT2D eigenvalue weighted by Gasteiger charge is -2.02. The molecule has 0 spiro atoms. The highest BCUT2D eigenvalue weighted by Crippen LogP contribution is 2.08. The maximum Gasteiger partial charge on any atom is 0.0201 e. The van der Waals surface area contributed by atoms with Crippen LogP contribution in [0.5, 0.6) is 0 Å². The van der Waals surface area contributed by atoms with E-state index in [0.717, 1.165) is 0 Å². The highest BCUT2D eigenvalue weighted by atomic mass is 28.2. The van der Waals surface area contributed by atoms with Crippen molar-refractivity contribution in [3.05, 3.63) is 35.9 Å². The third-order valence-electron chi connectivity index (χ3n) is 3.41. The first-order valence-corrected chi connectivity index (χ1v) is 9.47. The Morgan fingerprint density at radius 3 is 2.29 bits per heavy atom. The molecular formula is C16H28Si. The van der Waals surface area contributed by atoms with E-state index in [2.05, 4.69) is 37.3 Å². The summed E-state index contributed by atoms with van der Waals surface area (Å²) in [6.07, 6.45) is 10.0. The quantitative estimate of drug-likeness (QED) is 0.419. The van der Waals surface area contributed by atoms with Crippen molar-refractivity contribution in [3.8, 4) is 0 Å². The Balaban J connectivity index is 1.85. The lowest BCUT2D eigenvalue weighted by atomic mass is 10.1. The van der Waals surface area contributed by atoms with Gasteiger partial charge in [-0.1, -0.05) is 87.9 Å². The molecule has 0 saturated carbocycles. The number of hydrogen-bond acceptors (Lipinski definition) is 0. The molecule has 0 saturated heterocycles. The molecule has 0 aliphatic carbocycles. The SMILES string of the molecule is CCCCCCCC[SiH2]CCc1ccccc1. The van der Waals surface area contributed by atoms with Gasteiger partial charge in [-0.05, 0) is 12.0 Å². The molecule has 96 valence electrons. The van der Waals surface area contributed by atoms with Crippen molar-refractivity contribution in [3.63, 3.8) is 0 Å². The van der Waals surface area contributed by atoms with Crippen LogP contribution in [-0.2, 0) is 6.42 Å². The molecule has 0 aliphatic heterocycles. The number of hydrogen-bond donors (Lipinski definition) is 0. The fourth-order valence-electron chi connectivity index (χ4n) is 2.28. The van der Waals surface area contributed by atoms with E-state index in [-0.39, 0.29) is 9.52 Å². The highest BCUT2D eigenvalue weighted by molar-refractivity contribution is 6.35. The molecule has 1 heteroatoms. The van der Waals surface area contributed by atoms with E-state index in [1.54, 1.807) is 6.04 Å². The third-order valence-corrected chi connectivity index (χ3v) is 5.27. The Hall–Kier alpha value is -0.563. The zero-order valence-electron chi connectivity index (χ0n) is 11.5. The van der Waals surface area contributed by atoms with Crippen LogP contribution in [0.15, 0.2) is 30.3 Å². The van der Waals surface area contributed by atoms with Crippen molar-refractivity contribution in [2.24, 2.45) is 0 Å². The van der Waals surface area contributed by atoms with Crippen LogP contribution in [0.3, 0.4) is 0 Å². The van der Waals surface area contributed by atoms with Crippen LogP contribution >= 0.6 is 0 Å². The Labute approximate surface area is 110 Å². The largest absolute Gasteiger partial charge is 0.0654 e. The second kappa shape index (κ2) is 10.6. The van der Waals surface area contributed by atoms with Crippen molar-refractivity contribution in [1.29, 1.82) is 0 Å². The predicted octanol–water partition coefficient (Wildman–Crippen LogP) is 4.60. The van der Waals surface area contributed by atoms with Crippen molar-refractivity contribution in [2.45, 2.75) is 64.0 Å². The van der Waals surface area contributed by atoms with E-state index in [1.807, 2.05) is 0 Å². The Bertz CT molecular complexity index is 255. The summed E-state index contributed by atoms with van der Waals surface area (Å²) in [4.78, 5) is 0. The summed E-state index contributed by atoms with van der Waals surface area (Å²) in [5, 5.41) is 0. The van der Waals surface area contributed by atoms with Gasteiger partial charge in [0.2, 0.25) is 0 Å². The minimum atomic E-state index is 0.228. The fraction of sp³-hybridized carbons (Fsp3) is 0.625. The fourth-order valence-corrected chi connectivity index (χ4v) is 4.00. The van der Waals surface area contributed by atoms with Gasteiger partial charge in [-0.15, -0.1) is 0 Å². The van der Waals surface area contributed by atoms with Crippen LogP contribution in [0.2, 0.25) is 12.1 Å². The molecule has 1 aromatic rings. The van der Waals surface area contributed by atoms with Crippen molar-refractivity contribution in [1.82, 2.24) is 0 Å². The molecule has 0 unspecified atom stereocenters. The molecule has 0 aliphatic rings. The summed E-state index contributed by atoms with van der Waals surface area (Å²) in [5.74, 6) is 0. The molecule has 17 heavy (non-hydrogen) atoms. The molecule has 0 aromatic heterocycles. The second-order valence-corrected chi connectivity index (χ2v) is 7.19. The molecule has 0 radical (unpaired) electrons. The lowest BCUT2D eigenvalue weighted by molar-refractivity contribution is 0.624. The summed E-state index contributed by atoms with van der Waals surface area (Å²) in [6, 6.07) is 14.0. The van der Waals surface area contributed by atoms with Crippen LogP contribution in [-0.4, -0.2) is 9.52 Å². The average molecular weight is 248 g/mol. The molecule has 1 aromatic carbocycles. The number of unbranched alkanes of at least 4 members (excludes halogenated alkanes) is 5. The number of rotatable bonds is 10. The van der Waals surface area contributed by atoms with Gasteiger partial charge in [0.1, 0.15) is 0 Å². The maximum absolute atomic E-state index is 2.29. The van der Waals surface area contributed by atoms with Gasteiger partial charge >= 0.3 is 0 Å². The summed E-state index contributed by atoms with van der Waals surface area (Å²) in [7, 11) is 0.228. The molecule has 0 nitrogen and oxygen atoms in total. The summed E-state index contributed by atoms with van der Waals surface area (Å²) < 4.78 is 0. The second-order valence-electron chi connectivity index (χ2n) is 5.06. The van der Waals surface area contributed by atoms with Crippen LogP contribution in [0.4, 0.5) is 0 Å². The molecule has 1 rings (SSSR count). The topological polar surface area (TPSA) is 0 Å². The summed E-state index contributed by atoms with van der Waals surface area (Å²) in [6.45, 7) is 2.29. The van der Waals surface area contributed by atoms with E-state index in [9.17, 15) is 0 Å². The molecule has 0 fully saturated rings. The summed E-state index contributed by atoms with van der Waals surface area (Å²) in [5.41, 5.74) is 1.53. The molecule has 0 heterocycles. The Kier molecular flexibility index (Phi) is 9.02. The van der Waals surface area contributed by atoms with Crippen LogP contribution in [0, 0.1) is 0 Å². The van der Waals surface area contributed by atoms with Crippen LogP contribution in [0.25, 0.3) is 0 Å². The molecule has 0 atom stereocenters. The summed E-state index contributed by atoms with van der Waals surface area (Å²) >= 11 is 0. The number of aryl methyl sites for hydroxylation is 1. The molecule has 0 amide bonds. The normalized spacial score (nSPS) is 11.4. The van der Waals surface area contributed by atoms with Crippen LogP contribution < -0.4 is 0 Å². The van der Waals surface area contributed by atoms with E-state index in [1.165, 1.54) is 56.6 Å². The standard InChI is InChI=1S/C16H28Si/c1-2-3-4-5-6-10-14-17-15-13-16-11-8-7-9-12-16/h7-9,11-12H,2-6,10,13-15,17H2,1H3. The van der Waals surface area contributed by atoms with Gasteiger partial charge < -0.3 is 0 Å². The van der Waals surface area contributed by atoms with Gasteiger partial charge in [-0.3, -0.25) is 0 Å². The lowest BCUT2D eigenvalue weighted by Crippen LogP contribution is -1.93. The van der Waals surface area contributed by atoms with Gasteiger partial charge in [0, 0.05) is 9.52 Å². The van der Waals surface area contributed by atoms with Gasteiger partial charge in [-0.2, -0.15) is 0 Å². The van der Waals surface area contributed by atoms with Crippen molar-refractivity contribution in [2.75, 3.05) is 0 Å². The first-order valence-electron chi connectivity index (χ1n) is 7.47. The third kappa shape index (κ3) is 8.20. The highest BCUT2D eigenvalue weighted by Gasteiger charge is 1.94. The van der Waals surface area contributed by atoms with E-state index in [0.29, 0.717) is 0 Å². The van der Waals surface area contributed by atoms with E-state index < -0.39 is 0 Å². The zero-order chi connectivity index (χ0) is 12.2. The first kappa shape index (κ1) is 14.5. The van der Waals surface area contributed by atoms with E-state index >= 15 is 0 Å². The Morgan fingerprint density at radius 2 is 1.53 bits per heavy atom. The minimum absolute atomic E-state index is 0.228. The smallest absolute Gasteiger partial charge is 0.0201 e. The predicted molar refractivity (Wildman–Crippen MR) is 81.7 cm³/mol. The van der Waals surface area contributed by atoms with E-state index in [4.69, 9.17) is 0 Å². The minimum Gasteiger partial charge on any atom is -0.0654 e. The zero-order valence-corrected chi connectivity index (χ0v) is 12.9. The average Bonchev–Trinajstić information content (AvgIpc) is 2.38. The van der Waals surface area contributed by atoms with Gasteiger partial charge in [-0.25, -0.2) is 0 Å². The maximum atomic E-state index is 2.29. The van der Waals surface area contributed by atoms with Gasteiger partial charge in [0.05, 0.1) is 0 Å². The molecule has 0 N–H and O–H groups in total. The van der Waals surface area contributed by atoms with Gasteiger partial charge in [0.15, 0.2) is 0 Å². The monoisotopic (exact) mass is 248 g/mol. The van der Waals surface area contributed by atoms with Crippen molar-refractivity contribution < 1.29 is 0 Å².